The fourth-order valence-electron chi connectivity index (χ4n) is 1.85. The molecule has 1 fully saturated rings. The number of hydrogen-bond acceptors (Lipinski definition) is 3. The summed E-state index contributed by atoms with van der Waals surface area (Å²) in [6, 6.07) is 0. The molecular weight excluding hydrogens is 204 g/mol. The van der Waals surface area contributed by atoms with Crippen LogP contribution in [0.25, 0.3) is 0 Å². The van der Waals surface area contributed by atoms with Crippen molar-refractivity contribution >= 4 is 0 Å². The number of hydrogen-bond donors (Lipinski definition) is 1. The van der Waals surface area contributed by atoms with Gasteiger partial charge in [-0.25, -0.2) is 0 Å². The molecule has 1 N–H and O–H groups in total. The van der Waals surface area contributed by atoms with Crippen LogP contribution in [0.4, 0.5) is 0 Å². The fourth-order valence-corrected chi connectivity index (χ4v) is 1.85. The van der Waals surface area contributed by atoms with Crippen molar-refractivity contribution in [1.82, 2.24) is 0 Å². The summed E-state index contributed by atoms with van der Waals surface area (Å²) in [7, 11) is 0. The lowest BCUT2D eigenvalue weighted by molar-refractivity contribution is -0.0884. The van der Waals surface area contributed by atoms with Crippen LogP contribution < -0.4 is 0 Å². The molecule has 0 aromatic rings. The Balaban J connectivity index is 2.32. The van der Waals surface area contributed by atoms with Crippen LogP contribution in [0.1, 0.15) is 47.0 Å². The second-order valence-corrected chi connectivity index (χ2v) is 6.21. The van der Waals surface area contributed by atoms with E-state index in [1.807, 2.05) is 13.8 Å². The van der Waals surface area contributed by atoms with Crippen molar-refractivity contribution in [2.45, 2.75) is 58.7 Å². The smallest absolute Gasteiger partial charge is 0.0651 e. The molecule has 16 heavy (non-hydrogen) atoms. The van der Waals surface area contributed by atoms with Crippen molar-refractivity contribution in [3.8, 4) is 0 Å². The minimum atomic E-state index is -0.165. The molecule has 1 aliphatic rings. The monoisotopic (exact) mass is 230 g/mol. The minimum Gasteiger partial charge on any atom is -0.396 e. The highest BCUT2D eigenvalue weighted by molar-refractivity contribution is 4.79. The molecule has 0 saturated carbocycles. The normalized spacial score (nSPS) is 22.7. The number of ether oxygens (including phenoxy) is 2. The summed E-state index contributed by atoms with van der Waals surface area (Å²) in [6.45, 7) is 9.85. The van der Waals surface area contributed by atoms with Crippen LogP contribution in [0.15, 0.2) is 0 Å². The molecule has 1 unspecified atom stereocenters. The number of rotatable bonds is 6. The summed E-state index contributed by atoms with van der Waals surface area (Å²) in [5.41, 5.74) is -0.324. The Morgan fingerprint density at radius 2 is 2.00 bits per heavy atom. The molecule has 0 radical (unpaired) electrons. The van der Waals surface area contributed by atoms with Crippen LogP contribution in [0.3, 0.4) is 0 Å². The van der Waals surface area contributed by atoms with Gasteiger partial charge in [-0.15, -0.1) is 0 Å². The van der Waals surface area contributed by atoms with E-state index in [4.69, 9.17) is 9.47 Å². The summed E-state index contributed by atoms with van der Waals surface area (Å²) in [5, 5.41) is 9.17. The van der Waals surface area contributed by atoms with Gasteiger partial charge >= 0.3 is 0 Å². The van der Waals surface area contributed by atoms with Crippen molar-refractivity contribution in [1.29, 1.82) is 0 Å². The zero-order valence-electron chi connectivity index (χ0n) is 11.1. The van der Waals surface area contributed by atoms with Crippen molar-refractivity contribution in [2.24, 2.45) is 5.41 Å². The molecular formula is C13H26O3. The van der Waals surface area contributed by atoms with Gasteiger partial charge in [0.25, 0.3) is 0 Å². The van der Waals surface area contributed by atoms with Crippen LogP contribution in [0.5, 0.6) is 0 Å². The molecule has 1 rings (SSSR count). The predicted molar refractivity (Wildman–Crippen MR) is 64.5 cm³/mol. The van der Waals surface area contributed by atoms with Crippen LogP contribution in [-0.2, 0) is 9.47 Å². The lowest BCUT2D eigenvalue weighted by Crippen LogP contribution is -2.35. The molecule has 3 nitrogen and oxygen atoms in total. The second kappa shape index (κ2) is 5.48. The van der Waals surface area contributed by atoms with E-state index in [-0.39, 0.29) is 17.6 Å². The predicted octanol–water partition coefficient (Wildman–Crippen LogP) is 2.37. The Morgan fingerprint density at radius 1 is 1.31 bits per heavy atom. The van der Waals surface area contributed by atoms with E-state index < -0.39 is 0 Å². The van der Waals surface area contributed by atoms with E-state index in [1.54, 1.807) is 0 Å². The van der Waals surface area contributed by atoms with E-state index in [0.717, 1.165) is 19.4 Å². The van der Waals surface area contributed by atoms with Gasteiger partial charge in [-0.3, -0.25) is 0 Å². The Bertz CT molecular complexity index is 205. The third-order valence-electron chi connectivity index (χ3n) is 3.02. The quantitative estimate of drug-likeness (QED) is 0.761. The highest BCUT2D eigenvalue weighted by atomic mass is 16.5. The van der Waals surface area contributed by atoms with Crippen molar-refractivity contribution in [2.75, 3.05) is 19.8 Å². The zero-order valence-corrected chi connectivity index (χ0v) is 11.1. The summed E-state index contributed by atoms with van der Waals surface area (Å²) in [4.78, 5) is 0. The maximum absolute atomic E-state index is 9.17. The van der Waals surface area contributed by atoms with Gasteiger partial charge in [0.15, 0.2) is 0 Å². The Morgan fingerprint density at radius 3 is 2.50 bits per heavy atom. The molecule has 96 valence electrons. The number of aliphatic hydroxyl groups excluding tert-OH is 1. The molecule has 0 aromatic carbocycles. The first-order valence-electron chi connectivity index (χ1n) is 6.21. The number of aliphatic hydroxyl groups is 1. The summed E-state index contributed by atoms with van der Waals surface area (Å²) >= 11 is 0. The SMILES string of the molecule is CC(C)(CO)COC(C)(C)CC1CCCO1. The Hall–Kier alpha value is -0.120. The van der Waals surface area contributed by atoms with Crippen LogP contribution in [0, 0.1) is 5.41 Å². The maximum atomic E-state index is 9.17. The molecule has 0 spiro atoms. The second-order valence-electron chi connectivity index (χ2n) is 6.21. The zero-order chi connectivity index (χ0) is 12.2. The highest BCUT2D eigenvalue weighted by Gasteiger charge is 2.29. The molecule has 0 aromatic heterocycles. The summed E-state index contributed by atoms with van der Waals surface area (Å²) in [5.74, 6) is 0. The standard InChI is InChI=1S/C13H26O3/c1-12(2,9-14)10-16-13(3,4)8-11-6-5-7-15-11/h11,14H,5-10H2,1-4H3. The van der Waals surface area contributed by atoms with Gasteiger partial charge in [-0.05, 0) is 26.7 Å². The van der Waals surface area contributed by atoms with E-state index in [1.165, 1.54) is 6.42 Å². The largest absolute Gasteiger partial charge is 0.396 e. The maximum Gasteiger partial charge on any atom is 0.0651 e. The first-order valence-corrected chi connectivity index (χ1v) is 6.21. The van der Waals surface area contributed by atoms with Gasteiger partial charge in [0.05, 0.1) is 24.9 Å². The third-order valence-corrected chi connectivity index (χ3v) is 3.02. The average molecular weight is 230 g/mol. The first kappa shape index (κ1) is 13.9. The van der Waals surface area contributed by atoms with Gasteiger partial charge in [0, 0.05) is 18.4 Å². The minimum absolute atomic E-state index is 0.156. The summed E-state index contributed by atoms with van der Waals surface area (Å²) in [6.07, 6.45) is 3.61. The fraction of sp³-hybridized carbons (Fsp3) is 1.00. The van der Waals surface area contributed by atoms with E-state index in [2.05, 4.69) is 13.8 Å². The molecule has 1 heterocycles. The van der Waals surface area contributed by atoms with E-state index in [0.29, 0.717) is 12.7 Å². The third kappa shape index (κ3) is 4.81. The lowest BCUT2D eigenvalue weighted by atomic mass is 9.94. The molecule has 3 heteroatoms. The van der Waals surface area contributed by atoms with Crippen molar-refractivity contribution < 1.29 is 14.6 Å². The molecule has 1 saturated heterocycles. The molecule has 1 aliphatic heterocycles. The van der Waals surface area contributed by atoms with Gasteiger partial charge < -0.3 is 14.6 Å². The van der Waals surface area contributed by atoms with Gasteiger partial charge in [0.1, 0.15) is 0 Å². The van der Waals surface area contributed by atoms with Crippen LogP contribution in [-0.4, -0.2) is 36.6 Å². The molecule has 0 amide bonds. The van der Waals surface area contributed by atoms with Crippen molar-refractivity contribution in [3.63, 3.8) is 0 Å². The van der Waals surface area contributed by atoms with E-state index >= 15 is 0 Å². The highest BCUT2D eigenvalue weighted by Crippen LogP contribution is 2.27. The lowest BCUT2D eigenvalue weighted by Gasteiger charge is -2.32. The topological polar surface area (TPSA) is 38.7 Å². The Labute approximate surface area is 99.1 Å². The van der Waals surface area contributed by atoms with Gasteiger partial charge in [-0.2, -0.15) is 0 Å². The average Bonchev–Trinajstić information content (AvgIpc) is 2.67. The Kier molecular flexibility index (Phi) is 4.77. The van der Waals surface area contributed by atoms with Gasteiger partial charge in [0.2, 0.25) is 0 Å². The molecule has 0 aliphatic carbocycles. The molecule has 0 bridgehead atoms. The van der Waals surface area contributed by atoms with Crippen LogP contribution >= 0.6 is 0 Å². The first-order chi connectivity index (χ1) is 7.35. The van der Waals surface area contributed by atoms with E-state index in [9.17, 15) is 5.11 Å². The summed E-state index contributed by atoms with van der Waals surface area (Å²) < 4.78 is 11.5. The van der Waals surface area contributed by atoms with Crippen LogP contribution in [0.2, 0.25) is 0 Å². The van der Waals surface area contributed by atoms with Gasteiger partial charge in [-0.1, -0.05) is 13.8 Å². The molecule has 1 atom stereocenters. The van der Waals surface area contributed by atoms with Crippen molar-refractivity contribution in [3.05, 3.63) is 0 Å².